The summed E-state index contributed by atoms with van der Waals surface area (Å²) in [5.74, 6) is 0. The van der Waals surface area contributed by atoms with Crippen LogP contribution in [-0.2, 0) is 6.54 Å². The third-order valence-corrected chi connectivity index (χ3v) is 3.00. The van der Waals surface area contributed by atoms with Crippen LogP contribution in [0.3, 0.4) is 0 Å². The van der Waals surface area contributed by atoms with Crippen molar-refractivity contribution < 1.29 is 4.79 Å². The number of urea groups is 1. The number of anilines is 2. The highest BCUT2D eigenvalue weighted by Gasteiger charge is 2.10. The highest BCUT2D eigenvalue weighted by atomic mass is 32.1. The maximum atomic E-state index is 11.9. The fourth-order valence-electron chi connectivity index (χ4n) is 1.47. The van der Waals surface area contributed by atoms with Gasteiger partial charge >= 0.3 is 6.03 Å². The Morgan fingerprint density at radius 1 is 1.56 bits per heavy atom. The molecule has 1 aromatic heterocycles. The van der Waals surface area contributed by atoms with Crippen LogP contribution in [0.2, 0.25) is 0 Å². The van der Waals surface area contributed by atoms with E-state index in [-0.39, 0.29) is 6.03 Å². The SMILES string of the molecule is CN(Cc1cscn1)C(=O)Nc1cccc(N)c1. The van der Waals surface area contributed by atoms with Gasteiger partial charge in [-0.25, -0.2) is 9.78 Å². The largest absolute Gasteiger partial charge is 0.399 e. The molecule has 0 fully saturated rings. The Hall–Kier alpha value is -2.08. The first kappa shape index (κ1) is 12.4. The first-order valence-electron chi connectivity index (χ1n) is 5.40. The van der Waals surface area contributed by atoms with Crippen LogP contribution < -0.4 is 11.1 Å². The summed E-state index contributed by atoms with van der Waals surface area (Å²) in [5.41, 5.74) is 9.58. The van der Waals surface area contributed by atoms with Crippen molar-refractivity contribution in [3.05, 3.63) is 40.8 Å². The van der Waals surface area contributed by atoms with Gasteiger partial charge in [0.25, 0.3) is 0 Å². The van der Waals surface area contributed by atoms with E-state index in [0.717, 1.165) is 5.69 Å². The number of carbonyl (C=O) groups is 1. The second-order valence-electron chi connectivity index (χ2n) is 3.89. The molecule has 0 saturated heterocycles. The lowest BCUT2D eigenvalue weighted by molar-refractivity contribution is 0.220. The van der Waals surface area contributed by atoms with E-state index in [9.17, 15) is 4.79 Å². The molecule has 18 heavy (non-hydrogen) atoms. The van der Waals surface area contributed by atoms with Crippen molar-refractivity contribution in [3.8, 4) is 0 Å². The number of hydrogen-bond donors (Lipinski definition) is 2. The molecule has 3 N–H and O–H groups in total. The van der Waals surface area contributed by atoms with Crippen LogP contribution in [0.15, 0.2) is 35.2 Å². The number of hydrogen-bond acceptors (Lipinski definition) is 4. The summed E-state index contributed by atoms with van der Waals surface area (Å²) in [7, 11) is 1.72. The fraction of sp³-hybridized carbons (Fsp3) is 0.167. The molecule has 5 nitrogen and oxygen atoms in total. The number of rotatable bonds is 3. The van der Waals surface area contributed by atoms with Gasteiger partial charge in [-0.05, 0) is 18.2 Å². The molecule has 2 aromatic rings. The predicted molar refractivity (Wildman–Crippen MR) is 73.5 cm³/mol. The Morgan fingerprint density at radius 3 is 3.06 bits per heavy atom. The van der Waals surface area contributed by atoms with E-state index in [4.69, 9.17) is 5.73 Å². The molecular formula is C12H14N4OS. The standard InChI is InChI=1S/C12H14N4OS/c1-16(6-11-7-18-8-14-11)12(17)15-10-4-2-3-9(13)5-10/h2-5,7-8H,6,13H2,1H3,(H,15,17). The molecule has 94 valence electrons. The normalized spacial score (nSPS) is 10.1. The number of nitrogens with one attached hydrogen (secondary N) is 1. The van der Waals surface area contributed by atoms with Gasteiger partial charge in [0, 0.05) is 23.8 Å². The van der Waals surface area contributed by atoms with Crippen LogP contribution in [0.4, 0.5) is 16.2 Å². The molecule has 6 heteroatoms. The van der Waals surface area contributed by atoms with E-state index in [1.807, 2.05) is 5.38 Å². The molecule has 0 spiro atoms. The molecule has 1 aromatic carbocycles. The smallest absolute Gasteiger partial charge is 0.321 e. The van der Waals surface area contributed by atoms with Crippen molar-refractivity contribution in [1.82, 2.24) is 9.88 Å². The third kappa shape index (κ3) is 3.21. The van der Waals surface area contributed by atoms with Crippen LogP contribution in [-0.4, -0.2) is 23.0 Å². The van der Waals surface area contributed by atoms with Gasteiger partial charge < -0.3 is 16.0 Å². The van der Waals surface area contributed by atoms with Crippen molar-refractivity contribution in [3.63, 3.8) is 0 Å². The second-order valence-corrected chi connectivity index (χ2v) is 4.61. The van der Waals surface area contributed by atoms with Crippen LogP contribution >= 0.6 is 11.3 Å². The van der Waals surface area contributed by atoms with Gasteiger partial charge in [-0.1, -0.05) is 6.07 Å². The van der Waals surface area contributed by atoms with Gasteiger partial charge in [-0.2, -0.15) is 0 Å². The maximum absolute atomic E-state index is 11.9. The molecule has 0 aliphatic heterocycles. The molecule has 2 amide bonds. The van der Waals surface area contributed by atoms with Crippen molar-refractivity contribution in [2.45, 2.75) is 6.54 Å². The van der Waals surface area contributed by atoms with Gasteiger partial charge in [0.2, 0.25) is 0 Å². The topological polar surface area (TPSA) is 71.2 Å². The molecule has 0 aliphatic rings. The van der Waals surface area contributed by atoms with Crippen molar-refractivity contribution >= 4 is 28.7 Å². The average Bonchev–Trinajstić information content (AvgIpc) is 2.81. The lowest BCUT2D eigenvalue weighted by Gasteiger charge is -2.16. The van der Waals surface area contributed by atoms with Gasteiger partial charge in [-0.3, -0.25) is 0 Å². The molecule has 0 aliphatic carbocycles. The quantitative estimate of drug-likeness (QED) is 0.834. The van der Waals surface area contributed by atoms with Crippen LogP contribution in [0.25, 0.3) is 0 Å². The summed E-state index contributed by atoms with van der Waals surface area (Å²) < 4.78 is 0. The van der Waals surface area contributed by atoms with Crippen LogP contribution in [0.1, 0.15) is 5.69 Å². The molecule has 0 atom stereocenters. The third-order valence-electron chi connectivity index (χ3n) is 2.37. The Labute approximate surface area is 109 Å². The minimum atomic E-state index is -0.186. The summed E-state index contributed by atoms with van der Waals surface area (Å²) in [6, 6.07) is 6.90. The first-order chi connectivity index (χ1) is 8.65. The zero-order valence-electron chi connectivity index (χ0n) is 9.96. The van der Waals surface area contributed by atoms with Gasteiger partial charge in [0.1, 0.15) is 0 Å². The van der Waals surface area contributed by atoms with Crippen LogP contribution in [0, 0.1) is 0 Å². The van der Waals surface area contributed by atoms with Gasteiger partial charge in [0.15, 0.2) is 0 Å². The number of thiazole rings is 1. The predicted octanol–water partition coefficient (Wildman–Crippen LogP) is 2.39. The van der Waals surface area contributed by atoms with Crippen molar-refractivity contribution in [2.24, 2.45) is 0 Å². The first-order valence-corrected chi connectivity index (χ1v) is 6.34. The number of nitrogen functional groups attached to an aromatic ring is 1. The minimum Gasteiger partial charge on any atom is -0.399 e. The molecule has 2 rings (SSSR count). The van der Waals surface area contributed by atoms with E-state index in [2.05, 4.69) is 10.3 Å². The second kappa shape index (κ2) is 5.50. The lowest BCUT2D eigenvalue weighted by Crippen LogP contribution is -2.30. The van der Waals surface area contributed by atoms with E-state index in [1.165, 1.54) is 11.3 Å². The number of amides is 2. The minimum absolute atomic E-state index is 0.186. The molecule has 0 bridgehead atoms. The highest BCUT2D eigenvalue weighted by Crippen LogP contribution is 2.13. The Kier molecular flexibility index (Phi) is 3.78. The molecular weight excluding hydrogens is 248 g/mol. The summed E-state index contributed by atoms with van der Waals surface area (Å²) in [4.78, 5) is 17.6. The summed E-state index contributed by atoms with van der Waals surface area (Å²) in [5, 5.41) is 4.70. The van der Waals surface area contributed by atoms with E-state index in [0.29, 0.717) is 17.9 Å². The highest BCUT2D eigenvalue weighted by molar-refractivity contribution is 7.07. The monoisotopic (exact) mass is 262 g/mol. The number of carbonyl (C=O) groups excluding carboxylic acids is 1. The molecule has 0 radical (unpaired) electrons. The van der Waals surface area contributed by atoms with Crippen molar-refractivity contribution in [2.75, 3.05) is 18.1 Å². The zero-order chi connectivity index (χ0) is 13.0. The molecule has 0 saturated carbocycles. The molecule has 1 heterocycles. The summed E-state index contributed by atoms with van der Waals surface area (Å²) >= 11 is 1.51. The van der Waals surface area contributed by atoms with E-state index >= 15 is 0 Å². The van der Waals surface area contributed by atoms with Gasteiger partial charge in [0.05, 0.1) is 17.7 Å². The van der Waals surface area contributed by atoms with E-state index in [1.54, 1.807) is 41.7 Å². The Bertz CT molecular complexity index is 527. The average molecular weight is 262 g/mol. The Balaban J connectivity index is 1.95. The van der Waals surface area contributed by atoms with Crippen LogP contribution in [0.5, 0.6) is 0 Å². The van der Waals surface area contributed by atoms with Crippen molar-refractivity contribution in [1.29, 1.82) is 0 Å². The lowest BCUT2D eigenvalue weighted by atomic mass is 10.3. The van der Waals surface area contributed by atoms with E-state index < -0.39 is 0 Å². The molecule has 0 unspecified atom stereocenters. The fourth-order valence-corrected chi connectivity index (χ4v) is 2.02. The summed E-state index contributed by atoms with van der Waals surface area (Å²) in [6.45, 7) is 0.484. The zero-order valence-corrected chi connectivity index (χ0v) is 10.8. The Morgan fingerprint density at radius 2 is 2.39 bits per heavy atom. The number of nitrogens with two attached hydrogens (primary N) is 1. The number of aromatic nitrogens is 1. The van der Waals surface area contributed by atoms with Gasteiger partial charge in [-0.15, -0.1) is 11.3 Å². The summed E-state index contributed by atoms with van der Waals surface area (Å²) in [6.07, 6.45) is 0. The number of benzene rings is 1. The number of nitrogens with zero attached hydrogens (tertiary/aromatic N) is 2. The maximum Gasteiger partial charge on any atom is 0.321 e.